The fourth-order valence-electron chi connectivity index (χ4n) is 2.83. The fourth-order valence-corrected chi connectivity index (χ4v) is 4.01. The molecule has 1 aromatic carbocycles. The number of benzene rings is 1. The first-order valence-corrected chi connectivity index (χ1v) is 7.74. The average Bonchev–Trinajstić information content (AvgIpc) is 2.47. The highest BCUT2D eigenvalue weighted by Crippen LogP contribution is 2.39. The molecule has 2 aliphatic rings. The summed E-state index contributed by atoms with van der Waals surface area (Å²) in [7, 11) is 0. The van der Waals surface area contributed by atoms with Crippen LogP contribution in [0.5, 0.6) is 5.75 Å². The van der Waals surface area contributed by atoms with E-state index in [0.29, 0.717) is 0 Å². The second-order valence-electron chi connectivity index (χ2n) is 4.92. The van der Waals surface area contributed by atoms with Gasteiger partial charge in [0.25, 0.3) is 0 Å². The number of aromatic hydroxyl groups is 1. The zero-order chi connectivity index (χ0) is 13.6. The Morgan fingerprint density at radius 1 is 1.26 bits per heavy atom. The van der Waals surface area contributed by atoms with Crippen molar-refractivity contribution < 1.29 is 5.11 Å². The molecular formula is C14H14Br2N2O. The number of allylic oxidation sites excluding steroid dienone is 2. The number of nitrogens with two attached hydrogens (primary N) is 1. The molecule has 0 saturated heterocycles. The molecular weight excluding hydrogens is 372 g/mol. The lowest BCUT2D eigenvalue weighted by molar-refractivity contribution is 0.473. The summed E-state index contributed by atoms with van der Waals surface area (Å²) < 4.78 is 1.92. The molecule has 0 bridgehead atoms. The van der Waals surface area contributed by atoms with E-state index in [2.05, 4.69) is 43.3 Å². The summed E-state index contributed by atoms with van der Waals surface area (Å²) in [6.07, 6.45) is 5.91. The van der Waals surface area contributed by atoms with Crippen molar-refractivity contribution >= 4 is 31.9 Å². The Kier molecular flexibility index (Phi) is 3.45. The van der Waals surface area contributed by atoms with Gasteiger partial charge in [0.1, 0.15) is 5.75 Å². The van der Waals surface area contributed by atoms with Gasteiger partial charge in [0.05, 0.1) is 12.1 Å². The van der Waals surface area contributed by atoms with Crippen LogP contribution in [-0.4, -0.2) is 11.1 Å². The minimum Gasteiger partial charge on any atom is -0.508 e. The first-order valence-electron chi connectivity index (χ1n) is 6.15. The largest absolute Gasteiger partial charge is 0.508 e. The number of phenolic OH excluding ortho intramolecular Hbond substituents is 1. The summed E-state index contributed by atoms with van der Waals surface area (Å²) in [6, 6.07) is 3.52. The third-order valence-corrected chi connectivity index (χ3v) is 4.81. The Labute approximate surface area is 128 Å². The maximum absolute atomic E-state index is 9.73. The number of nitrogens with one attached hydrogen (secondary N) is 1. The third-order valence-electron chi connectivity index (χ3n) is 3.70. The molecule has 100 valence electrons. The number of hydrogen-bond acceptors (Lipinski definition) is 3. The highest BCUT2D eigenvalue weighted by molar-refractivity contribution is 9.12. The Hall–Kier alpha value is -0.780. The van der Waals surface area contributed by atoms with Crippen LogP contribution in [0.4, 0.5) is 0 Å². The van der Waals surface area contributed by atoms with Crippen LogP contribution >= 0.6 is 31.9 Å². The van der Waals surface area contributed by atoms with Gasteiger partial charge in [0, 0.05) is 15.2 Å². The molecule has 3 rings (SSSR count). The highest BCUT2D eigenvalue weighted by Gasteiger charge is 2.31. The van der Waals surface area contributed by atoms with Crippen LogP contribution < -0.4 is 11.1 Å². The normalized spacial score (nSPS) is 25.4. The summed E-state index contributed by atoms with van der Waals surface area (Å²) >= 11 is 7.01. The zero-order valence-electron chi connectivity index (χ0n) is 10.2. The Bertz CT molecular complexity index is 595. The van der Waals surface area contributed by atoms with E-state index in [9.17, 15) is 5.11 Å². The third kappa shape index (κ3) is 2.35. The number of hydrogen-bond donors (Lipinski definition) is 3. The molecule has 1 aliphatic carbocycles. The van der Waals surface area contributed by atoms with Gasteiger partial charge in [-0.1, -0.05) is 15.9 Å². The van der Waals surface area contributed by atoms with Crippen molar-refractivity contribution in [3.05, 3.63) is 50.1 Å². The quantitative estimate of drug-likeness (QED) is 0.642. The van der Waals surface area contributed by atoms with Gasteiger partial charge < -0.3 is 16.2 Å². The van der Waals surface area contributed by atoms with E-state index < -0.39 is 0 Å². The van der Waals surface area contributed by atoms with Crippen molar-refractivity contribution in [2.24, 2.45) is 5.73 Å². The molecule has 1 aliphatic heterocycles. The molecule has 0 fully saturated rings. The Morgan fingerprint density at radius 3 is 2.84 bits per heavy atom. The molecule has 0 saturated carbocycles. The minimum atomic E-state index is -0.129. The maximum Gasteiger partial charge on any atom is 0.116 e. The molecule has 2 unspecified atom stereocenters. The van der Waals surface area contributed by atoms with Crippen LogP contribution in [0.15, 0.2) is 38.9 Å². The van der Waals surface area contributed by atoms with Gasteiger partial charge in [-0.3, -0.25) is 0 Å². The number of fused-ring (bicyclic) bond motifs is 2. The molecule has 1 heterocycles. The lowest BCUT2D eigenvalue weighted by Gasteiger charge is -2.28. The molecule has 0 amide bonds. The van der Waals surface area contributed by atoms with Gasteiger partial charge >= 0.3 is 0 Å². The van der Waals surface area contributed by atoms with Gasteiger partial charge in [-0.2, -0.15) is 0 Å². The van der Waals surface area contributed by atoms with Crippen molar-refractivity contribution in [1.82, 2.24) is 5.32 Å². The number of halogens is 2. The van der Waals surface area contributed by atoms with Crippen molar-refractivity contribution in [2.75, 3.05) is 0 Å². The lowest BCUT2D eigenvalue weighted by atomic mass is 9.93. The number of phenols is 1. The second kappa shape index (κ2) is 4.96. The van der Waals surface area contributed by atoms with Crippen LogP contribution in [0.3, 0.4) is 0 Å². The van der Waals surface area contributed by atoms with Gasteiger partial charge in [-0.25, -0.2) is 0 Å². The molecule has 19 heavy (non-hydrogen) atoms. The Balaban J connectivity index is 2.09. The number of aryl methyl sites for hydroxylation is 1. The smallest absolute Gasteiger partial charge is 0.116 e. The van der Waals surface area contributed by atoms with Crippen molar-refractivity contribution in [2.45, 2.75) is 24.9 Å². The molecule has 0 radical (unpaired) electrons. The van der Waals surface area contributed by atoms with Crippen LogP contribution in [-0.2, 0) is 6.42 Å². The van der Waals surface area contributed by atoms with E-state index in [-0.39, 0.29) is 17.8 Å². The van der Waals surface area contributed by atoms with Crippen LogP contribution in [0.2, 0.25) is 0 Å². The van der Waals surface area contributed by atoms with E-state index in [4.69, 9.17) is 5.73 Å². The van der Waals surface area contributed by atoms with Gasteiger partial charge in [0.2, 0.25) is 0 Å². The summed E-state index contributed by atoms with van der Waals surface area (Å²) in [4.78, 5) is 0. The standard InChI is InChI=1S/C14H14Br2N2O/c15-9-3-8-2-1-7-4-10(19)5-11(16)12(7)13(17)14(8)18-6-9/h3-6,13-14,18-19H,1-2,17H2. The predicted octanol–water partition coefficient (Wildman–Crippen LogP) is 3.24. The first kappa shape index (κ1) is 13.2. The first-order chi connectivity index (χ1) is 9.06. The van der Waals surface area contributed by atoms with Gasteiger partial charge in [-0.15, -0.1) is 0 Å². The van der Waals surface area contributed by atoms with Crippen molar-refractivity contribution in [3.8, 4) is 5.75 Å². The van der Waals surface area contributed by atoms with Crippen molar-refractivity contribution in [1.29, 1.82) is 0 Å². The zero-order valence-corrected chi connectivity index (χ0v) is 13.3. The molecule has 3 nitrogen and oxygen atoms in total. The molecule has 0 aromatic heterocycles. The average molecular weight is 386 g/mol. The Morgan fingerprint density at radius 2 is 2.05 bits per heavy atom. The van der Waals surface area contributed by atoms with E-state index >= 15 is 0 Å². The fraction of sp³-hybridized carbons (Fsp3) is 0.286. The summed E-state index contributed by atoms with van der Waals surface area (Å²) in [5.74, 6) is 0.281. The number of dihydropyridines is 1. The van der Waals surface area contributed by atoms with E-state index in [0.717, 1.165) is 32.9 Å². The summed E-state index contributed by atoms with van der Waals surface area (Å²) in [5, 5.41) is 13.1. The maximum atomic E-state index is 9.73. The molecule has 2 atom stereocenters. The summed E-state index contributed by atoms with van der Waals surface area (Å²) in [6.45, 7) is 0. The van der Waals surface area contributed by atoms with E-state index in [1.54, 1.807) is 6.07 Å². The van der Waals surface area contributed by atoms with Crippen LogP contribution in [0.1, 0.15) is 23.6 Å². The monoisotopic (exact) mass is 384 g/mol. The summed E-state index contributed by atoms with van der Waals surface area (Å²) in [5.41, 5.74) is 9.94. The van der Waals surface area contributed by atoms with Gasteiger partial charge in [-0.05, 0) is 63.7 Å². The topological polar surface area (TPSA) is 58.3 Å². The molecule has 1 aromatic rings. The molecule has 4 N–H and O–H groups in total. The SMILES string of the molecule is NC1c2c(Br)cc(O)cc2CCC2=CC(Br)=CNC21. The molecule has 0 spiro atoms. The van der Waals surface area contributed by atoms with Crippen molar-refractivity contribution in [3.63, 3.8) is 0 Å². The van der Waals surface area contributed by atoms with Crippen LogP contribution in [0.25, 0.3) is 0 Å². The molecule has 5 heteroatoms. The predicted molar refractivity (Wildman–Crippen MR) is 83.1 cm³/mol. The highest BCUT2D eigenvalue weighted by atomic mass is 79.9. The van der Waals surface area contributed by atoms with E-state index in [1.165, 1.54) is 5.57 Å². The lowest BCUT2D eigenvalue weighted by Crippen LogP contribution is -2.39. The minimum absolute atomic E-state index is 0.114. The number of rotatable bonds is 0. The van der Waals surface area contributed by atoms with Crippen LogP contribution in [0, 0.1) is 0 Å². The van der Waals surface area contributed by atoms with Gasteiger partial charge in [0.15, 0.2) is 0 Å². The van der Waals surface area contributed by atoms with E-state index in [1.807, 2.05) is 12.3 Å². The second-order valence-corrected chi connectivity index (χ2v) is 6.69.